The van der Waals surface area contributed by atoms with Crippen LogP contribution >= 0.6 is 0 Å². The van der Waals surface area contributed by atoms with Gasteiger partial charge in [0, 0.05) is 59.1 Å². The molecule has 0 spiro atoms. The van der Waals surface area contributed by atoms with Gasteiger partial charge < -0.3 is 21.4 Å². The van der Waals surface area contributed by atoms with E-state index in [1.165, 1.54) is 0 Å². The Hall–Kier alpha value is -4.25. The van der Waals surface area contributed by atoms with E-state index < -0.39 is 0 Å². The Labute approximate surface area is 213 Å². The zero-order chi connectivity index (χ0) is 25.7. The maximum atomic E-state index is 6.42. The van der Waals surface area contributed by atoms with Crippen LogP contribution in [0.2, 0.25) is 0 Å². The normalized spacial score (nSPS) is 14.1. The van der Waals surface area contributed by atoms with E-state index in [0.717, 1.165) is 68.1 Å². The molecular formula is C31H35N5. The molecule has 0 saturated heterocycles. The highest BCUT2D eigenvalue weighted by Crippen LogP contribution is 2.29. The fourth-order valence-electron chi connectivity index (χ4n) is 4.19. The van der Waals surface area contributed by atoms with Gasteiger partial charge in [-0.1, -0.05) is 51.3 Å². The zero-order valence-corrected chi connectivity index (χ0v) is 21.4. The van der Waals surface area contributed by atoms with Crippen LogP contribution in [0.3, 0.4) is 0 Å². The van der Waals surface area contributed by atoms with Crippen molar-refractivity contribution in [3.05, 3.63) is 120 Å². The van der Waals surface area contributed by atoms with Crippen LogP contribution in [0, 0.1) is 5.92 Å². The molecule has 5 nitrogen and oxygen atoms in total. The molecule has 3 aromatic rings. The number of H-pyrrole nitrogens is 1. The third-order valence-electron chi connectivity index (χ3n) is 6.40. The molecule has 0 unspecified atom stereocenters. The Bertz CT molecular complexity index is 1410. The molecule has 0 amide bonds. The topological polar surface area (TPSA) is 78.8 Å². The van der Waals surface area contributed by atoms with Crippen molar-refractivity contribution >= 4 is 27.7 Å². The molecule has 184 valence electrons. The number of hydrogen-bond donors (Lipinski definition) is 4. The lowest BCUT2D eigenvalue weighted by atomic mass is 9.98. The fraction of sp³-hybridized carbons (Fsp3) is 0.194. The minimum atomic E-state index is 0.333. The molecule has 0 aliphatic carbocycles. The van der Waals surface area contributed by atoms with Crippen LogP contribution < -0.4 is 16.4 Å². The van der Waals surface area contributed by atoms with Crippen LogP contribution in [-0.2, 0) is 6.42 Å². The summed E-state index contributed by atoms with van der Waals surface area (Å²) in [4.78, 5) is 7.99. The lowest BCUT2D eigenvalue weighted by Gasteiger charge is -2.15. The molecule has 1 aliphatic heterocycles. The Morgan fingerprint density at radius 3 is 2.78 bits per heavy atom. The number of pyridine rings is 1. The van der Waals surface area contributed by atoms with Gasteiger partial charge in [0.15, 0.2) is 0 Å². The van der Waals surface area contributed by atoms with Crippen molar-refractivity contribution in [2.24, 2.45) is 5.92 Å². The van der Waals surface area contributed by atoms with Gasteiger partial charge in [-0.3, -0.25) is 4.98 Å². The first kappa shape index (κ1) is 24.9. The highest BCUT2D eigenvalue weighted by atomic mass is 14.9. The van der Waals surface area contributed by atoms with E-state index in [1.807, 2.05) is 37.7 Å². The van der Waals surface area contributed by atoms with Gasteiger partial charge >= 0.3 is 0 Å². The summed E-state index contributed by atoms with van der Waals surface area (Å²) in [5.41, 5.74) is 16.7. The number of benzene rings is 1. The standard InChI is InChI=1S/C31H35N5/c1-6-22(14-26(7-2)35-21(5)20(3)4)23-10-11-30(32)25(13-23)15-27-16-28-29(18-34-19-31(28)36-27)24-9-8-12-33-17-24/h6-11,13-14,16-20,33,35-36H,2,5,12,15,32H2,1,3-4H3/b22-6+,26-14+. The molecule has 2 aromatic heterocycles. The second-order valence-electron chi connectivity index (χ2n) is 9.30. The number of nitrogen functional groups attached to an aromatic ring is 1. The Morgan fingerprint density at radius 2 is 2.08 bits per heavy atom. The molecule has 36 heavy (non-hydrogen) atoms. The molecule has 0 bridgehead atoms. The summed E-state index contributed by atoms with van der Waals surface area (Å²) >= 11 is 0. The Balaban J connectivity index is 1.63. The van der Waals surface area contributed by atoms with E-state index in [2.05, 4.69) is 90.1 Å². The number of anilines is 1. The van der Waals surface area contributed by atoms with Crippen molar-refractivity contribution in [2.45, 2.75) is 27.2 Å². The number of hydrogen-bond acceptors (Lipinski definition) is 4. The predicted octanol–water partition coefficient (Wildman–Crippen LogP) is 6.47. The summed E-state index contributed by atoms with van der Waals surface area (Å²) in [6.45, 7) is 15.2. The number of nitrogens with zero attached hydrogens (tertiary/aromatic N) is 1. The number of nitrogens with one attached hydrogen (secondary N) is 3. The average molecular weight is 478 g/mol. The lowest BCUT2D eigenvalue weighted by Crippen LogP contribution is -2.14. The maximum absolute atomic E-state index is 6.42. The predicted molar refractivity (Wildman–Crippen MR) is 154 cm³/mol. The smallest absolute Gasteiger partial charge is 0.0648 e. The molecule has 3 heterocycles. The summed E-state index contributed by atoms with van der Waals surface area (Å²) in [5, 5.41) is 7.80. The van der Waals surface area contributed by atoms with Gasteiger partial charge in [-0.25, -0.2) is 0 Å². The third-order valence-corrected chi connectivity index (χ3v) is 6.40. The number of dihydropyridines is 1. The fourth-order valence-corrected chi connectivity index (χ4v) is 4.19. The van der Waals surface area contributed by atoms with Crippen LogP contribution in [0.15, 0.2) is 97.8 Å². The molecule has 4 rings (SSSR count). The minimum Gasteiger partial charge on any atom is -0.398 e. The first-order chi connectivity index (χ1) is 17.4. The number of aromatic amines is 1. The summed E-state index contributed by atoms with van der Waals surface area (Å²) in [6.07, 6.45) is 16.8. The molecule has 0 fully saturated rings. The largest absolute Gasteiger partial charge is 0.398 e. The molecule has 5 N–H and O–H groups in total. The minimum absolute atomic E-state index is 0.333. The second kappa shape index (κ2) is 11.0. The summed E-state index contributed by atoms with van der Waals surface area (Å²) in [5.74, 6) is 0.333. The van der Waals surface area contributed by atoms with E-state index in [4.69, 9.17) is 5.73 Å². The number of nitrogens with two attached hydrogens (primary N) is 1. The summed E-state index contributed by atoms with van der Waals surface area (Å²) in [7, 11) is 0. The van der Waals surface area contributed by atoms with Gasteiger partial charge in [0.1, 0.15) is 0 Å². The Kier molecular flexibility index (Phi) is 7.59. The van der Waals surface area contributed by atoms with Crippen molar-refractivity contribution in [2.75, 3.05) is 12.3 Å². The highest BCUT2D eigenvalue weighted by Gasteiger charge is 2.12. The first-order valence-electron chi connectivity index (χ1n) is 12.3. The van der Waals surface area contributed by atoms with Crippen LogP contribution in [0.25, 0.3) is 22.0 Å². The van der Waals surface area contributed by atoms with Crippen molar-refractivity contribution < 1.29 is 0 Å². The number of allylic oxidation sites excluding steroid dienone is 7. The van der Waals surface area contributed by atoms with Crippen LogP contribution in [0.1, 0.15) is 43.2 Å². The quantitative estimate of drug-likeness (QED) is 0.210. The highest BCUT2D eigenvalue weighted by molar-refractivity contribution is 5.94. The number of rotatable bonds is 9. The number of fused-ring (bicyclic) bond motifs is 1. The molecule has 1 aromatic carbocycles. The van der Waals surface area contributed by atoms with Crippen LogP contribution in [0.4, 0.5) is 5.69 Å². The van der Waals surface area contributed by atoms with Crippen molar-refractivity contribution in [1.82, 2.24) is 20.6 Å². The molecule has 1 aliphatic rings. The Morgan fingerprint density at radius 1 is 1.25 bits per heavy atom. The molecular weight excluding hydrogens is 442 g/mol. The SMILES string of the molecule is C=C/C(=C\C(=C/C)c1ccc(N)c(Cc2cc3c(C4=CNCC=C4)cncc3[nH]2)c1)NC(=C)C(C)C. The van der Waals surface area contributed by atoms with Crippen LogP contribution in [-0.4, -0.2) is 16.5 Å². The van der Waals surface area contributed by atoms with Gasteiger partial charge in [-0.05, 0) is 65.5 Å². The van der Waals surface area contributed by atoms with Crippen molar-refractivity contribution in [1.29, 1.82) is 0 Å². The molecule has 0 atom stereocenters. The van der Waals surface area contributed by atoms with E-state index in [0.29, 0.717) is 12.3 Å². The lowest BCUT2D eigenvalue weighted by molar-refractivity contribution is 0.710. The monoisotopic (exact) mass is 477 g/mol. The average Bonchev–Trinajstić information content (AvgIpc) is 3.30. The van der Waals surface area contributed by atoms with Gasteiger partial charge in [0.2, 0.25) is 0 Å². The molecule has 0 radical (unpaired) electrons. The summed E-state index contributed by atoms with van der Waals surface area (Å²) < 4.78 is 0. The van der Waals surface area contributed by atoms with Crippen molar-refractivity contribution in [3.8, 4) is 0 Å². The van der Waals surface area contributed by atoms with Crippen molar-refractivity contribution in [3.63, 3.8) is 0 Å². The first-order valence-corrected chi connectivity index (χ1v) is 12.3. The third kappa shape index (κ3) is 5.52. The van der Waals surface area contributed by atoms with Gasteiger partial charge in [0.05, 0.1) is 11.7 Å². The zero-order valence-electron chi connectivity index (χ0n) is 21.4. The second-order valence-corrected chi connectivity index (χ2v) is 9.30. The number of aromatic nitrogens is 2. The molecule has 5 heteroatoms. The van der Waals surface area contributed by atoms with E-state index in [1.54, 1.807) is 0 Å². The van der Waals surface area contributed by atoms with Gasteiger partial charge in [-0.15, -0.1) is 0 Å². The summed E-state index contributed by atoms with van der Waals surface area (Å²) in [6, 6.07) is 8.41. The van der Waals surface area contributed by atoms with Gasteiger partial charge in [-0.2, -0.15) is 0 Å². The molecule has 0 saturated carbocycles. The van der Waals surface area contributed by atoms with E-state index >= 15 is 0 Å². The maximum Gasteiger partial charge on any atom is 0.0648 e. The van der Waals surface area contributed by atoms with Crippen LogP contribution in [0.5, 0.6) is 0 Å². The van der Waals surface area contributed by atoms with E-state index in [-0.39, 0.29) is 0 Å². The van der Waals surface area contributed by atoms with Gasteiger partial charge in [0.25, 0.3) is 0 Å². The van der Waals surface area contributed by atoms with E-state index in [9.17, 15) is 0 Å².